The molecule has 0 aliphatic rings. The molecule has 0 saturated carbocycles. The molecule has 0 saturated heterocycles. The van der Waals surface area contributed by atoms with Gasteiger partial charge in [-0.15, -0.1) is 0 Å². The molecular formula is C21H23Cl2NO4. The molecule has 0 heterocycles. The molecule has 0 aliphatic heterocycles. The number of carboxylic acids is 1. The average molecular weight is 424 g/mol. The summed E-state index contributed by atoms with van der Waals surface area (Å²) in [6, 6.07) is 11.8. The van der Waals surface area contributed by atoms with E-state index in [0.29, 0.717) is 16.5 Å². The van der Waals surface area contributed by atoms with E-state index in [4.69, 9.17) is 23.2 Å². The van der Waals surface area contributed by atoms with Gasteiger partial charge in [0.1, 0.15) is 6.04 Å². The Morgan fingerprint density at radius 1 is 1.04 bits per heavy atom. The molecule has 1 unspecified atom stereocenters. The number of amides is 1. The second-order valence-electron chi connectivity index (χ2n) is 7.03. The first kappa shape index (κ1) is 22.1. The van der Waals surface area contributed by atoms with Gasteiger partial charge in [0.25, 0.3) is 0 Å². The number of carbonyl (C=O) groups is 2. The van der Waals surface area contributed by atoms with E-state index < -0.39 is 18.1 Å². The van der Waals surface area contributed by atoms with Gasteiger partial charge in [-0.3, -0.25) is 4.90 Å². The van der Waals surface area contributed by atoms with E-state index in [1.807, 2.05) is 44.2 Å². The van der Waals surface area contributed by atoms with Gasteiger partial charge in [-0.1, -0.05) is 61.3 Å². The highest BCUT2D eigenvalue weighted by molar-refractivity contribution is 6.32. The summed E-state index contributed by atoms with van der Waals surface area (Å²) < 4.78 is 0. The summed E-state index contributed by atoms with van der Waals surface area (Å²) in [4.78, 5) is 24.1. The molecule has 1 amide bonds. The maximum Gasteiger partial charge on any atom is 0.408 e. The molecule has 150 valence electrons. The minimum Gasteiger partial charge on any atom is -0.480 e. The summed E-state index contributed by atoms with van der Waals surface area (Å²) in [7, 11) is 0. The van der Waals surface area contributed by atoms with Crippen LogP contribution in [0.5, 0.6) is 0 Å². The van der Waals surface area contributed by atoms with Crippen LogP contribution in [0.15, 0.2) is 42.5 Å². The molecule has 0 aliphatic carbocycles. The Balaban J connectivity index is 2.17. The fourth-order valence-corrected chi connectivity index (χ4v) is 3.50. The fourth-order valence-electron chi connectivity index (χ4n) is 3.03. The normalized spacial score (nSPS) is 12.0. The van der Waals surface area contributed by atoms with Crippen LogP contribution in [0.25, 0.3) is 11.1 Å². The third kappa shape index (κ3) is 5.88. The molecule has 0 radical (unpaired) electrons. The van der Waals surface area contributed by atoms with Crippen molar-refractivity contribution in [1.82, 2.24) is 4.90 Å². The summed E-state index contributed by atoms with van der Waals surface area (Å²) in [6.45, 7) is 3.78. The van der Waals surface area contributed by atoms with Crippen LogP contribution >= 0.6 is 23.2 Å². The van der Waals surface area contributed by atoms with Crippen LogP contribution in [0.4, 0.5) is 4.79 Å². The van der Waals surface area contributed by atoms with Gasteiger partial charge in [0.15, 0.2) is 0 Å². The maximum absolute atomic E-state index is 11.6. The Kier molecular flexibility index (Phi) is 7.72. The van der Waals surface area contributed by atoms with Gasteiger partial charge in [-0.2, -0.15) is 0 Å². The Labute approximate surface area is 174 Å². The van der Waals surface area contributed by atoms with Crippen LogP contribution in [-0.2, 0) is 11.2 Å². The molecule has 0 spiro atoms. The number of hydrogen-bond acceptors (Lipinski definition) is 2. The van der Waals surface area contributed by atoms with Crippen molar-refractivity contribution < 1.29 is 19.8 Å². The zero-order chi connectivity index (χ0) is 20.8. The van der Waals surface area contributed by atoms with E-state index in [0.717, 1.165) is 21.6 Å². The van der Waals surface area contributed by atoms with Crippen molar-refractivity contribution in [3.05, 3.63) is 58.1 Å². The average Bonchev–Trinajstić information content (AvgIpc) is 2.61. The monoisotopic (exact) mass is 423 g/mol. The second-order valence-corrected chi connectivity index (χ2v) is 7.87. The third-order valence-electron chi connectivity index (χ3n) is 4.43. The minimum atomic E-state index is -1.25. The molecule has 1 atom stereocenters. The number of benzene rings is 2. The fraction of sp³-hybridized carbons (Fsp3) is 0.333. The predicted molar refractivity (Wildman–Crippen MR) is 111 cm³/mol. The van der Waals surface area contributed by atoms with Gasteiger partial charge in [0, 0.05) is 16.6 Å². The van der Waals surface area contributed by atoms with Gasteiger partial charge in [0.2, 0.25) is 0 Å². The van der Waals surface area contributed by atoms with Crippen LogP contribution in [0.2, 0.25) is 10.0 Å². The quantitative estimate of drug-likeness (QED) is 0.571. The molecule has 2 N–H and O–H groups in total. The highest BCUT2D eigenvalue weighted by atomic mass is 35.5. The third-order valence-corrected chi connectivity index (χ3v) is 5.02. The van der Waals surface area contributed by atoms with Crippen molar-refractivity contribution in [2.45, 2.75) is 32.7 Å². The second kappa shape index (κ2) is 9.80. The van der Waals surface area contributed by atoms with Gasteiger partial charge in [-0.25, -0.2) is 9.59 Å². The first-order chi connectivity index (χ1) is 13.2. The summed E-state index contributed by atoms with van der Waals surface area (Å²) >= 11 is 12.4. The van der Waals surface area contributed by atoms with Crippen molar-refractivity contribution in [1.29, 1.82) is 0 Å². The minimum absolute atomic E-state index is 0.0508. The highest BCUT2D eigenvalue weighted by Crippen LogP contribution is 2.28. The summed E-state index contributed by atoms with van der Waals surface area (Å²) in [5.74, 6) is -1.08. The van der Waals surface area contributed by atoms with Crippen LogP contribution in [0.3, 0.4) is 0 Å². The molecule has 2 aromatic rings. The van der Waals surface area contributed by atoms with E-state index in [1.54, 1.807) is 12.1 Å². The number of halogens is 2. The number of hydrogen-bond donors (Lipinski definition) is 2. The molecule has 0 aromatic heterocycles. The van der Waals surface area contributed by atoms with E-state index in [-0.39, 0.29) is 18.9 Å². The number of carboxylic acid groups (broad SMARTS) is 2. The maximum atomic E-state index is 11.6. The van der Waals surface area contributed by atoms with Crippen molar-refractivity contribution in [3.63, 3.8) is 0 Å². The molecule has 28 heavy (non-hydrogen) atoms. The number of nitrogens with zero attached hydrogens (tertiary/aromatic N) is 1. The largest absolute Gasteiger partial charge is 0.480 e. The number of aliphatic carboxylic acids is 1. The lowest BCUT2D eigenvalue weighted by atomic mass is 10.0. The summed E-state index contributed by atoms with van der Waals surface area (Å²) in [6.07, 6.45) is -0.675. The van der Waals surface area contributed by atoms with Crippen LogP contribution < -0.4 is 0 Å². The van der Waals surface area contributed by atoms with Crippen LogP contribution in [0, 0.1) is 5.92 Å². The lowest BCUT2D eigenvalue weighted by molar-refractivity contribution is -0.143. The van der Waals surface area contributed by atoms with Crippen LogP contribution in [0.1, 0.15) is 25.8 Å². The van der Waals surface area contributed by atoms with Crippen molar-refractivity contribution in [2.24, 2.45) is 5.92 Å². The van der Waals surface area contributed by atoms with Gasteiger partial charge < -0.3 is 10.2 Å². The summed E-state index contributed by atoms with van der Waals surface area (Å²) in [5.41, 5.74) is 2.58. The molecular weight excluding hydrogens is 401 g/mol. The molecule has 0 bridgehead atoms. The van der Waals surface area contributed by atoms with Gasteiger partial charge in [-0.05, 0) is 53.6 Å². The van der Waals surface area contributed by atoms with E-state index in [2.05, 4.69) is 0 Å². The van der Waals surface area contributed by atoms with Gasteiger partial charge in [0.05, 0.1) is 0 Å². The smallest absolute Gasteiger partial charge is 0.408 e. The Bertz CT molecular complexity index is 854. The summed E-state index contributed by atoms with van der Waals surface area (Å²) in [5, 5.41) is 20.0. The van der Waals surface area contributed by atoms with Crippen molar-refractivity contribution in [2.75, 3.05) is 6.54 Å². The lowest BCUT2D eigenvalue weighted by Gasteiger charge is -2.27. The molecule has 0 fully saturated rings. The Morgan fingerprint density at radius 3 is 2.25 bits per heavy atom. The zero-order valence-corrected chi connectivity index (χ0v) is 17.2. The first-order valence-corrected chi connectivity index (χ1v) is 9.71. The Morgan fingerprint density at radius 2 is 1.71 bits per heavy atom. The van der Waals surface area contributed by atoms with Crippen molar-refractivity contribution >= 4 is 35.3 Å². The molecule has 2 aromatic carbocycles. The van der Waals surface area contributed by atoms with Crippen LogP contribution in [-0.4, -0.2) is 39.8 Å². The first-order valence-electron chi connectivity index (χ1n) is 8.95. The van der Waals surface area contributed by atoms with E-state index in [9.17, 15) is 19.8 Å². The topological polar surface area (TPSA) is 77.8 Å². The SMILES string of the molecule is CC(C)CC(C(=O)O)N(CCc1ccc(-c2cccc(Cl)c2)cc1Cl)C(=O)O. The van der Waals surface area contributed by atoms with E-state index >= 15 is 0 Å². The zero-order valence-electron chi connectivity index (χ0n) is 15.7. The highest BCUT2D eigenvalue weighted by Gasteiger charge is 2.30. The number of rotatable bonds is 8. The molecule has 7 heteroatoms. The Hall–Kier alpha value is -2.24. The van der Waals surface area contributed by atoms with E-state index in [1.165, 1.54) is 0 Å². The van der Waals surface area contributed by atoms with Crippen molar-refractivity contribution in [3.8, 4) is 11.1 Å². The molecule has 2 rings (SSSR count). The predicted octanol–water partition coefficient (Wildman–Crippen LogP) is 5.68. The standard InChI is InChI=1S/C21H23Cl2NO4/c1-13(2)10-19(20(25)26)24(21(27)28)9-8-14-6-7-16(12-18(14)23)15-4-3-5-17(22)11-15/h3-7,11-13,19H,8-10H2,1-2H3,(H,25,26)(H,27,28). The molecule has 5 nitrogen and oxygen atoms in total. The van der Waals surface area contributed by atoms with Gasteiger partial charge >= 0.3 is 12.1 Å². The lowest BCUT2D eigenvalue weighted by Crippen LogP contribution is -2.46.